The minimum absolute atomic E-state index is 0. The maximum absolute atomic E-state index is 12.5. The van der Waals surface area contributed by atoms with E-state index in [1.54, 1.807) is 6.92 Å². The highest BCUT2D eigenvalue weighted by Crippen LogP contribution is 2.22. The van der Waals surface area contributed by atoms with Gasteiger partial charge in [-0.1, -0.05) is 67.6 Å². The average molecular weight is 430 g/mol. The third-order valence-corrected chi connectivity index (χ3v) is 5.88. The largest absolute Gasteiger partial charge is 0.347 e. The van der Waals surface area contributed by atoms with Crippen LogP contribution < -0.4 is 11.1 Å². The van der Waals surface area contributed by atoms with Crippen molar-refractivity contribution < 1.29 is 9.59 Å². The highest BCUT2D eigenvalue weighted by molar-refractivity contribution is 5.86. The Morgan fingerprint density at radius 3 is 2.20 bits per heavy atom. The van der Waals surface area contributed by atoms with Crippen LogP contribution in [0.5, 0.6) is 0 Å². The highest BCUT2D eigenvalue weighted by Gasteiger charge is 2.25. The van der Waals surface area contributed by atoms with Gasteiger partial charge in [-0.15, -0.1) is 12.4 Å². The van der Waals surface area contributed by atoms with Gasteiger partial charge in [0.2, 0.25) is 11.8 Å². The molecule has 0 aromatic heterocycles. The molecule has 2 atom stereocenters. The van der Waals surface area contributed by atoms with E-state index in [-0.39, 0.29) is 36.8 Å². The highest BCUT2D eigenvalue weighted by atomic mass is 35.5. The molecule has 0 radical (unpaired) electrons. The van der Waals surface area contributed by atoms with E-state index in [1.165, 1.54) is 5.56 Å². The second-order valence-corrected chi connectivity index (χ2v) is 7.96. The molecule has 162 valence electrons. The summed E-state index contributed by atoms with van der Waals surface area (Å²) < 4.78 is 0. The van der Waals surface area contributed by atoms with Crippen molar-refractivity contribution in [1.82, 2.24) is 10.2 Å². The first-order chi connectivity index (χ1) is 14.0. The average Bonchev–Trinajstić information content (AvgIpc) is 2.78. The molecule has 1 aliphatic rings. The van der Waals surface area contributed by atoms with Crippen LogP contribution in [0.1, 0.15) is 36.9 Å². The molecule has 30 heavy (non-hydrogen) atoms. The summed E-state index contributed by atoms with van der Waals surface area (Å²) >= 11 is 0. The number of nitrogens with two attached hydrogens (primary N) is 1. The van der Waals surface area contributed by atoms with Crippen molar-refractivity contribution in [2.24, 2.45) is 17.6 Å². The van der Waals surface area contributed by atoms with Gasteiger partial charge in [0.25, 0.3) is 0 Å². The Hall–Kier alpha value is -2.37. The molecule has 5 nitrogen and oxygen atoms in total. The predicted octanol–water partition coefficient (Wildman–Crippen LogP) is 3.34. The van der Waals surface area contributed by atoms with Gasteiger partial charge in [-0.2, -0.15) is 0 Å². The van der Waals surface area contributed by atoms with Crippen LogP contribution in [-0.4, -0.2) is 36.3 Å². The van der Waals surface area contributed by atoms with Crippen molar-refractivity contribution in [3.8, 4) is 0 Å². The van der Waals surface area contributed by atoms with Crippen LogP contribution in [0.4, 0.5) is 0 Å². The van der Waals surface area contributed by atoms with E-state index in [1.807, 2.05) is 41.3 Å². The van der Waals surface area contributed by atoms with Gasteiger partial charge >= 0.3 is 0 Å². The molecule has 2 amide bonds. The molecule has 3 rings (SSSR count). The Morgan fingerprint density at radius 1 is 1.03 bits per heavy atom. The number of nitrogens with one attached hydrogen (secondary N) is 1. The Balaban J connectivity index is 0.00000320. The number of benzene rings is 2. The number of likely N-dealkylation sites (tertiary alicyclic amines) is 1. The van der Waals surface area contributed by atoms with E-state index < -0.39 is 5.92 Å². The lowest BCUT2D eigenvalue weighted by Crippen LogP contribution is -2.46. The maximum Gasteiger partial charge on any atom is 0.241 e. The zero-order valence-electron chi connectivity index (χ0n) is 17.5. The number of halogens is 1. The van der Waals surface area contributed by atoms with Gasteiger partial charge in [-0.05, 0) is 36.3 Å². The van der Waals surface area contributed by atoms with Gasteiger partial charge in [0, 0.05) is 19.1 Å². The zero-order chi connectivity index (χ0) is 20.6. The molecule has 2 unspecified atom stereocenters. The molecule has 6 heteroatoms. The summed E-state index contributed by atoms with van der Waals surface area (Å²) in [6, 6.07) is 19.7. The first-order valence-electron chi connectivity index (χ1n) is 10.4. The van der Waals surface area contributed by atoms with Crippen molar-refractivity contribution in [3.05, 3.63) is 71.8 Å². The third kappa shape index (κ3) is 6.57. The molecule has 1 aliphatic heterocycles. The van der Waals surface area contributed by atoms with Crippen LogP contribution in [-0.2, 0) is 16.0 Å². The number of hydrogen-bond donors (Lipinski definition) is 2. The molecular weight excluding hydrogens is 398 g/mol. The van der Waals surface area contributed by atoms with Crippen molar-refractivity contribution in [2.75, 3.05) is 19.6 Å². The van der Waals surface area contributed by atoms with Gasteiger partial charge in [-0.25, -0.2) is 0 Å². The fourth-order valence-electron chi connectivity index (χ4n) is 3.90. The van der Waals surface area contributed by atoms with Gasteiger partial charge in [-0.3, -0.25) is 9.59 Å². The summed E-state index contributed by atoms with van der Waals surface area (Å²) in [5.41, 5.74) is 8.48. The fourth-order valence-corrected chi connectivity index (χ4v) is 3.90. The Morgan fingerprint density at radius 2 is 1.60 bits per heavy atom. The van der Waals surface area contributed by atoms with E-state index in [2.05, 4.69) is 29.6 Å². The SMILES string of the molecule is CC(C(=O)NCC(=O)N1CCC(Cc2ccccc2)CC1)C(N)c1ccccc1.Cl. The maximum atomic E-state index is 12.5. The smallest absolute Gasteiger partial charge is 0.241 e. The molecule has 0 aliphatic carbocycles. The molecule has 2 aromatic carbocycles. The standard InChI is InChI=1S/C24H31N3O2.ClH/c1-18(23(25)21-10-6-3-7-11-21)24(29)26-17-22(28)27-14-12-20(13-15-27)16-19-8-4-2-5-9-19;/h2-11,18,20,23H,12-17,25H2,1H3,(H,26,29);1H. The molecule has 1 saturated heterocycles. The lowest BCUT2D eigenvalue weighted by atomic mass is 9.90. The fraction of sp³-hybridized carbons (Fsp3) is 0.417. The lowest BCUT2D eigenvalue weighted by molar-refractivity contribution is -0.135. The summed E-state index contributed by atoms with van der Waals surface area (Å²) in [6.07, 6.45) is 3.07. The Bertz CT molecular complexity index is 793. The summed E-state index contributed by atoms with van der Waals surface area (Å²) in [5, 5.41) is 2.77. The predicted molar refractivity (Wildman–Crippen MR) is 122 cm³/mol. The third-order valence-electron chi connectivity index (χ3n) is 5.88. The minimum atomic E-state index is -0.401. The molecule has 3 N–H and O–H groups in total. The molecule has 0 saturated carbocycles. The Kier molecular flexibility index (Phi) is 9.34. The number of rotatable bonds is 7. The second-order valence-electron chi connectivity index (χ2n) is 7.96. The van der Waals surface area contributed by atoms with Crippen LogP contribution in [0, 0.1) is 11.8 Å². The minimum Gasteiger partial charge on any atom is -0.347 e. The monoisotopic (exact) mass is 429 g/mol. The molecule has 0 bridgehead atoms. The van der Waals surface area contributed by atoms with E-state index in [0.29, 0.717) is 5.92 Å². The first-order valence-corrected chi connectivity index (χ1v) is 10.4. The normalized spacial score (nSPS) is 16.3. The first kappa shape index (κ1) is 23.9. The molecule has 2 aromatic rings. The molecular formula is C24H32ClN3O2. The second kappa shape index (κ2) is 11.7. The van der Waals surface area contributed by atoms with E-state index in [4.69, 9.17) is 5.73 Å². The number of carbonyl (C=O) groups excluding carboxylic acids is 2. The summed E-state index contributed by atoms with van der Waals surface area (Å²) in [6.45, 7) is 3.34. The molecule has 1 fully saturated rings. The van der Waals surface area contributed by atoms with Crippen LogP contribution >= 0.6 is 12.4 Å². The summed E-state index contributed by atoms with van der Waals surface area (Å²) in [4.78, 5) is 26.8. The number of piperidine rings is 1. The van der Waals surface area contributed by atoms with Crippen molar-refractivity contribution in [2.45, 2.75) is 32.2 Å². The number of hydrogen-bond acceptors (Lipinski definition) is 3. The van der Waals surface area contributed by atoms with Crippen LogP contribution in [0.15, 0.2) is 60.7 Å². The van der Waals surface area contributed by atoms with Gasteiger partial charge in [0.1, 0.15) is 0 Å². The lowest BCUT2D eigenvalue weighted by Gasteiger charge is -2.32. The van der Waals surface area contributed by atoms with Crippen molar-refractivity contribution in [1.29, 1.82) is 0 Å². The molecule has 0 spiro atoms. The summed E-state index contributed by atoms with van der Waals surface area (Å²) in [5.74, 6) is 0.00685. The van der Waals surface area contributed by atoms with Crippen LogP contribution in [0.3, 0.4) is 0 Å². The van der Waals surface area contributed by atoms with Gasteiger partial charge in [0.05, 0.1) is 12.5 Å². The van der Waals surface area contributed by atoms with E-state index in [0.717, 1.165) is 37.9 Å². The topological polar surface area (TPSA) is 75.4 Å². The van der Waals surface area contributed by atoms with Crippen LogP contribution in [0.25, 0.3) is 0 Å². The van der Waals surface area contributed by atoms with E-state index in [9.17, 15) is 9.59 Å². The number of nitrogens with zero attached hydrogens (tertiary/aromatic N) is 1. The van der Waals surface area contributed by atoms with Gasteiger partial charge in [0.15, 0.2) is 0 Å². The zero-order valence-corrected chi connectivity index (χ0v) is 18.3. The van der Waals surface area contributed by atoms with E-state index >= 15 is 0 Å². The number of carbonyl (C=O) groups is 2. The Labute approximate surface area is 185 Å². The van der Waals surface area contributed by atoms with Crippen LogP contribution in [0.2, 0.25) is 0 Å². The van der Waals surface area contributed by atoms with Crippen molar-refractivity contribution >= 4 is 24.2 Å². The van der Waals surface area contributed by atoms with Crippen molar-refractivity contribution in [3.63, 3.8) is 0 Å². The summed E-state index contributed by atoms with van der Waals surface area (Å²) in [7, 11) is 0. The number of amides is 2. The van der Waals surface area contributed by atoms with Gasteiger partial charge < -0.3 is 16.0 Å². The quantitative estimate of drug-likeness (QED) is 0.708. The molecule has 1 heterocycles.